The zero-order valence-corrected chi connectivity index (χ0v) is 12.3. The van der Waals surface area contributed by atoms with E-state index in [1.807, 2.05) is 6.07 Å². The third kappa shape index (κ3) is 3.22. The first kappa shape index (κ1) is 13.8. The van der Waals surface area contributed by atoms with Gasteiger partial charge in [-0.05, 0) is 45.8 Å². The Bertz CT molecular complexity index is 748. The van der Waals surface area contributed by atoms with Crippen molar-refractivity contribution in [2.24, 2.45) is 0 Å². The highest BCUT2D eigenvalue weighted by Crippen LogP contribution is 2.24. The Morgan fingerprint density at radius 1 is 1.11 bits per heavy atom. The molecule has 0 N–H and O–H groups in total. The number of hydrogen-bond donors (Lipinski definition) is 0. The predicted molar refractivity (Wildman–Crippen MR) is 76.2 cm³/mol. The van der Waals surface area contributed by atoms with Crippen molar-refractivity contribution < 1.29 is 8.42 Å². The van der Waals surface area contributed by atoms with Crippen LogP contribution in [0.5, 0.6) is 0 Å². The molecule has 0 fully saturated rings. The Balaban J connectivity index is 2.37. The first-order valence-corrected chi connectivity index (χ1v) is 7.94. The lowest BCUT2D eigenvalue weighted by Gasteiger charge is -2.06. The van der Waals surface area contributed by atoms with E-state index in [1.165, 1.54) is 0 Å². The van der Waals surface area contributed by atoms with Gasteiger partial charge in [0.1, 0.15) is 0 Å². The summed E-state index contributed by atoms with van der Waals surface area (Å²) < 4.78 is 25.2. The molecule has 3 nitrogen and oxygen atoms in total. The molecule has 0 heterocycles. The smallest absolute Gasteiger partial charge is 0.183 e. The van der Waals surface area contributed by atoms with Crippen molar-refractivity contribution in [1.29, 1.82) is 5.26 Å². The lowest BCUT2D eigenvalue weighted by atomic mass is 10.2. The number of rotatable bonds is 3. The summed E-state index contributed by atoms with van der Waals surface area (Å²) in [6.45, 7) is 0. The zero-order chi connectivity index (χ0) is 13.9. The minimum Gasteiger partial charge on any atom is -0.223 e. The molecule has 0 aliphatic carbocycles. The maximum Gasteiger partial charge on any atom is 0.183 e. The molecule has 5 heteroatoms. The summed E-state index contributed by atoms with van der Waals surface area (Å²) in [6.07, 6.45) is 0. The Morgan fingerprint density at radius 2 is 1.84 bits per heavy atom. The molecule has 0 spiro atoms. The number of benzene rings is 2. The van der Waals surface area contributed by atoms with E-state index in [0.29, 0.717) is 15.6 Å². The van der Waals surface area contributed by atoms with Gasteiger partial charge in [-0.1, -0.05) is 24.3 Å². The SMILES string of the molecule is N#Cc1cccc(CS(=O)(=O)c2ccccc2Br)c1. The van der Waals surface area contributed by atoms with Crippen molar-refractivity contribution in [2.45, 2.75) is 10.6 Å². The molecule has 2 aromatic carbocycles. The van der Waals surface area contributed by atoms with E-state index in [2.05, 4.69) is 15.9 Å². The second-order valence-electron chi connectivity index (χ2n) is 4.00. The van der Waals surface area contributed by atoms with Crippen LogP contribution in [0.25, 0.3) is 0 Å². The molecule has 19 heavy (non-hydrogen) atoms. The molecular formula is C14H10BrNO2S. The van der Waals surface area contributed by atoms with Crippen molar-refractivity contribution in [3.05, 3.63) is 64.1 Å². The highest BCUT2D eigenvalue weighted by molar-refractivity contribution is 9.10. The van der Waals surface area contributed by atoms with Crippen LogP contribution in [0.1, 0.15) is 11.1 Å². The van der Waals surface area contributed by atoms with Crippen molar-refractivity contribution in [3.63, 3.8) is 0 Å². The first-order chi connectivity index (χ1) is 9.03. The fraction of sp³-hybridized carbons (Fsp3) is 0.0714. The maximum absolute atomic E-state index is 12.3. The number of nitriles is 1. The van der Waals surface area contributed by atoms with Crippen LogP contribution in [-0.2, 0) is 15.6 Å². The molecule has 0 aromatic heterocycles. The van der Waals surface area contributed by atoms with Gasteiger partial charge in [0.25, 0.3) is 0 Å². The Labute approximate surface area is 120 Å². The van der Waals surface area contributed by atoms with Crippen LogP contribution in [0.3, 0.4) is 0 Å². The van der Waals surface area contributed by atoms with Crippen LogP contribution in [-0.4, -0.2) is 8.42 Å². The van der Waals surface area contributed by atoms with E-state index < -0.39 is 9.84 Å². The van der Waals surface area contributed by atoms with E-state index >= 15 is 0 Å². The molecule has 0 bridgehead atoms. The van der Waals surface area contributed by atoms with Crippen molar-refractivity contribution in [1.82, 2.24) is 0 Å². The van der Waals surface area contributed by atoms with E-state index in [0.717, 1.165) is 0 Å². The second kappa shape index (κ2) is 5.55. The summed E-state index contributed by atoms with van der Waals surface area (Å²) in [6, 6.07) is 15.3. The van der Waals surface area contributed by atoms with Crippen LogP contribution >= 0.6 is 15.9 Å². The van der Waals surface area contributed by atoms with Crippen molar-refractivity contribution in [3.8, 4) is 6.07 Å². The molecule has 0 radical (unpaired) electrons. The summed E-state index contributed by atoms with van der Waals surface area (Å²) in [5.41, 5.74) is 1.06. The molecule has 2 aromatic rings. The van der Waals surface area contributed by atoms with Gasteiger partial charge in [-0.3, -0.25) is 0 Å². The van der Waals surface area contributed by atoms with Crippen LogP contribution in [0, 0.1) is 11.3 Å². The summed E-state index contributed by atoms with van der Waals surface area (Å²) in [7, 11) is -3.43. The summed E-state index contributed by atoms with van der Waals surface area (Å²) in [5.74, 6) is -0.120. The molecule has 0 amide bonds. The van der Waals surface area contributed by atoms with Gasteiger partial charge < -0.3 is 0 Å². The molecule has 0 aliphatic rings. The van der Waals surface area contributed by atoms with Gasteiger partial charge in [0, 0.05) is 4.47 Å². The Kier molecular flexibility index (Phi) is 4.03. The highest BCUT2D eigenvalue weighted by Gasteiger charge is 2.18. The van der Waals surface area contributed by atoms with E-state index in [4.69, 9.17) is 5.26 Å². The fourth-order valence-corrected chi connectivity index (χ4v) is 4.17. The molecule has 2 rings (SSSR count). The normalized spacial score (nSPS) is 10.9. The van der Waals surface area contributed by atoms with Gasteiger partial charge in [-0.15, -0.1) is 0 Å². The third-order valence-electron chi connectivity index (χ3n) is 2.58. The largest absolute Gasteiger partial charge is 0.223 e. The molecule has 0 atom stereocenters. The summed E-state index contributed by atoms with van der Waals surface area (Å²) >= 11 is 3.24. The van der Waals surface area contributed by atoms with E-state index in [-0.39, 0.29) is 10.6 Å². The van der Waals surface area contributed by atoms with Crippen molar-refractivity contribution in [2.75, 3.05) is 0 Å². The fourth-order valence-electron chi connectivity index (χ4n) is 1.72. The zero-order valence-electron chi connectivity index (χ0n) is 9.88. The van der Waals surface area contributed by atoms with Gasteiger partial charge in [-0.25, -0.2) is 8.42 Å². The van der Waals surface area contributed by atoms with Gasteiger partial charge in [0.2, 0.25) is 0 Å². The van der Waals surface area contributed by atoms with Gasteiger partial charge in [0.15, 0.2) is 9.84 Å². The van der Waals surface area contributed by atoms with E-state index in [1.54, 1.807) is 48.5 Å². The minimum absolute atomic E-state index is 0.120. The maximum atomic E-state index is 12.3. The Hall–Kier alpha value is -1.64. The molecule has 96 valence electrons. The third-order valence-corrected chi connectivity index (χ3v) is 5.28. The number of hydrogen-bond acceptors (Lipinski definition) is 3. The quantitative estimate of drug-likeness (QED) is 0.864. The van der Waals surface area contributed by atoms with Crippen LogP contribution in [0.4, 0.5) is 0 Å². The molecular weight excluding hydrogens is 326 g/mol. The summed E-state index contributed by atoms with van der Waals surface area (Å²) in [4.78, 5) is 0.261. The number of nitrogens with zero attached hydrogens (tertiary/aromatic N) is 1. The molecule has 0 saturated heterocycles. The minimum atomic E-state index is -3.43. The predicted octanol–water partition coefficient (Wildman–Crippen LogP) is 3.29. The lowest BCUT2D eigenvalue weighted by molar-refractivity contribution is 0.595. The summed E-state index contributed by atoms with van der Waals surface area (Å²) in [5, 5.41) is 8.81. The molecule has 0 saturated carbocycles. The average molecular weight is 336 g/mol. The average Bonchev–Trinajstić information content (AvgIpc) is 2.38. The van der Waals surface area contributed by atoms with Crippen LogP contribution < -0.4 is 0 Å². The van der Waals surface area contributed by atoms with Crippen LogP contribution in [0.2, 0.25) is 0 Å². The van der Waals surface area contributed by atoms with Crippen molar-refractivity contribution >= 4 is 25.8 Å². The highest BCUT2D eigenvalue weighted by atomic mass is 79.9. The number of sulfone groups is 1. The topological polar surface area (TPSA) is 57.9 Å². The van der Waals surface area contributed by atoms with Gasteiger partial charge in [-0.2, -0.15) is 5.26 Å². The van der Waals surface area contributed by atoms with E-state index in [9.17, 15) is 8.42 Å². The monoisotopic (exact) mass is 335 g/mol. The molecule has 0 unspecified atom stereocenters. The standard InChI is InChI=1S/C14H10BrNO2S/c15-13-6-1-2-7-14(13)19(17,18)10-12-5-3-4-11(8-12)9-16/h1-8H,10H2. The molecule has 0 aliphatic heterocycles. The Morgan fingerprint density at radius 3 is 2.53 bits per heavy atom. The first-order valence-electron chi connectivity index (χ1n) is 5.49. The van der Waals surface area contributed by atoms with Crippen LogP contribution in [0.15, 0.2) is 57.9 Å². The lowest BCUT2D eigenvalue weighted by Crippen LogP contribution is -2.05. The van der Waals surface area contributed by atoms with Gasteiger partial charge >= 0.3 is 0 Å². The second-order valence-corrected chi connectivity index (χ2v) is 6.81. The number of halogens is 1. The van der Waals surface area contributed by atoms with Gasteiger partial charge in [0.05, 0.1) is 22.3 Å².